The molecule has 1 spiro atoms. The van der Waals surface area contributed by atoms with Crippen LogP contribution in [0.3, 0.4) is 0 Å². The van der Waals surface area contributed by atoms with E-state index in [1.807, 2.05) is 0 Å². The van der Waals surface area contributed by atoms with Crippen LogP contribution in [0, 0.1) is 29.1 Å². The number of allylic oxidation sites excluding steroid dienone is 2. The topological polar surface area (TPSA) is 79.2 Å². The van der Waals surface area contributed by atoms with Crippen molar-refractivity contribution in [2.75, 3.05) is 7.11 Å². The number of imide groups is 1. The van der Waals surface area contributed by atoms with Gasteiger partial charge in [-0.25, -0.2) is 0 Å². The predicted octanol–water partition coefficient (Wildman–Crippen LogP) is 1.93. The normalized spacial score (nSPS) is 33.7. The number of aromatic hydroxyl groups is 1. The van der Waals surface area contributed by atoms with Gasteiger partial charge in [-0.1, -0.05) is 12.2 Å². The van der Waals surface area contributed by atoms with Crippen molar-refractivity contribution in [3.8, 4) is 11.5 Å². The summed E-state index contributed by atoms with van der Waals surface area (Å²) < 4.78 is 5.06. The molecule has 6 heteroatoms. The molecule has 5 rings (SSSR count). The molecule has 1 N–H and O–H groups in total. The molecule has 128 valence electrons. The van der Waals surface area contributed by atoms with Gasteiger partial charge in [0.15, 0.2) is 11.5 Å². The molecule has 1 heterocycles. The maximum atomic E-state index is 12.8. The van der Waals surface area contributed by atoms with Crippen LogP contribution in [0.1, 0.15) is 18.4 Å². The van der Waals surface area contributed by atoms with Gasteiger partial charge in [-0.3, -0.25) is 9.59 Å². The molecule has 4 unspecified atom stereocenters. The molecule has 25 heavy (non-hydrogen) atoms. The summed E-state index contributed by atoms with van der Waals surface area (Å²) in [5.41, 5.74) is 0.841. The maximum Gasteiger partial charge on any atom is 0.254 e. The summed E-state index contributed by atoms with van der Waals surface area (Å²) >= 11 is 0. The molecule has 6 nitrogen and oxygen atoms in total. The van der Waals surface area contributed by atoms with Gasteiger partial charge in [0.1, 0.15) is 0 Å². The van der Waals surface area contributed by atoms with E-state index in [1.54, 1.807) is 12.1 Å². The van der Waals surface area contributed by atoms with E-state index in [0.717, 1.165) is 17.9 Å². The Morgan fingerprint density at radius 1 is 1.20 bits per heavy atom. The lowest BCUT2D eigenvalue weighted by Gasteiger charge is -2.18. The van der Waals surface area contributed by atoms with Gasteiger partial charge in [0, 0.05) is 0 Å². The lowest BCUT2D eigenvalue weighted by molar-refractivity contribution is -0.141. The first-order valence-corrected chi connectivity index (χ1v) is 8.54. The Kier molecular flexibility index (Phi) is 2.77. The van der Waals surface area contributed by atoms with Crippen molar-refractivity contribution < 1.29 is 19.4 Å². The number of phenols is 1. The van der Waals surface area contributed by atoms with E-state index < -0.39 is 0 Å². The number of carbonyl (C=O) groups is 2. The molecule has 0 aromatic heterocycles. The fourth-order valence-corrected chi connectivity index (χ4v) is 5.08. The number of methoxy groups -OCH3 is 1. The van der Waals surface area contributed by atoms with Crippen molar-refractivity contribution in [1.29, 1.82) is 0 Å². The predicted molar refractivity (Wildman–Crippen MR) is 88.9 cm³/mol. The Morgan fingerprint density at radius 2 is 1.84 bits per heavy atom. The fraction of sp³-hybridized carbons (Fsp3) is 0.421. The molecule has 1 aromatic rings. The van der Waals surface area contributed by atoms with Gasteiger partial charge in [0.05, 0.1) is 25.2 Å². The highest BCUT2D eigenvalue weighted by atomic mass is 16.5. The largest absolute Gasteiger partial charge is 0.504 e. The quantitative estimate of drug-likeness (QED) is 0.519. The first-order valence-electron chi connectivity index (χ1n) is 8.54. The minimum Gasteiger partial charge on any atom is -0.504 e. The second kappa shape index (κ2) is 4.71. The molecule has 1 saturated heterocycles. The Balaban J connectivity index is 1.42. The van der Waals surface area contributed by atoms with E-state index in [-0.39, 0.29) is 46.7 Å². The molecule has 4 aliphatic rings. The number of rotatable bonds is 3. The number of benzene rings is 1. The fourth-order valence-electron chi connectivity index (χ4n) is 5.08. The van der Waals surface area contributed by atoms with E-state index >= 15 is 0 Å². The van der Waals surface area contributed by atoms with Gasteiger partial charge in [0.2, 0.25) is 0 Å². The number of hydrogen-bond acceptors (Lipinski definition) is 5. The highest BCUT2D eigenvalue weighted by Crippen LogP contribution is 2.73. The van der Waals surface area contributed by atoms with Crippen molar-refractivity contribution in [3.63, 3.8) is 0 Å². The van der Waals surface area contributed by atoms with E-state index in [4.69, 9.17) is 4.74 Å². The molecule has 3 aliphatic carbocycles. The molecule has 1 aromatic carbocycles. The Morgan fingerprint density at radius 3 is 2.40 bits per heavy atom. The zero-order chi connectivity index (χ0) is 17.3. The molecule has 4 atom stereocenters. The monoisotopic (exact) mass is 338 g/mol. The number of carbonyl (C=O) groups excluding carboxylic acids is 2. The highest BCUT2D eigenvalue weighted by molar-refractivity contribution is 6.07. The highest BCUT2D eigenvalue weighted by Gasteiger charge is 2.73. The number of hydrazone groups is 1. The summed E-state index contributed by atoms with van der Waals surface area (Å²) in [7, 11) is 1.46. The molecule has 2 saturated carbocycles. The van der Waals surface area contributed by atoms with Crippen LogP contribution in [0.4, 0.5) is 0 Å². The van der Waals surface area contributed by atoms with Crippen LogP contribution in [0.15, 0.2) is 35.5 Å². The lowest BCUT2D eigenvalue weighted by atomic mass is 9.85. The van der Waals surface area contributed by atoms with Crippen molar-refractivity contribution >= 4 is 18.0 Å². The summed E-state index contributed by atoms with van der Waals surface area (Å²) in [6.45, 7) is 0. The molecule has 3 fully saturated rings. The van der Waals surface area contributed by atoms with Gasteiger partial charge in [-0.15, -0.1) is 0 Å². The number of hydrogen-bond donors (Lipinski definition) is 1. The standard InChI is InChI=1S/C19H18N2O4/c1-25-14-8-10(2-5-13(14)22)9-20-21-17(23)15-11-3-4-12(16(15)18(21)24)19(11)6-7-19/h2-5,8-9,11-12,15-16,22H,6-7H2,1H3. The van der Waals surface area contributed by atoms with E-state index in [9.17, 15) is 14.7 Å². The van der Waals surface area contributed by atoms with Gasteiger partial charge in [0.25, 0.3) is 11.8 Å². The van der Waals surface area contributed by atoms with Crippen LogP contribution in [0.2, 0.25) is 0 Å². The first-order chi connectivity index (χ1) is 12.1. The minimum absolute atomic E-state index is 0.0277. The van der Waals surface area contributed by atoms with Gasteiger partial charge in [-0.2, -0.15) is 10.1 Å². The number of fused-ring (bicyclic) bond motifs is 3. The third-order valence-electron chi connectivity index (χ3n) is 6.36. The second-order valence-corrected chi connectivity index (χ2v) is 7.39. The van der Waals surface area contributed by atoms with Crippen LogP contribution in [-0.4, -0.2) is 35.3 Å². The summed E-state index contributed by atoms with van der Waals surface area (Å²) in [6, 6.07) is 4.75. The van der Waals surface area contributed by atoms with Gasteiger partial charge in [-0.05, 0) is 53.9 Å². The summed E-state index contributed by atoms with van der Waals surface area (Å²) in [4.78, 5) is 25.6. The van der Waals surface area contributed by atoms with E-state index in [0.29, 0.717) is 11.3 Å². The third-order valence-corrected chi connectivity index (χ3v) is 6.36. The Hall–Kier alpha value is -2.63. The first kappa shape index (κ1) is 14.7. The van der Waals surface area contributed by atoms with Crippen LogP contribution in [0.5, 0.6) is 11.5 Å². The van der Waals surface area contributed by atoms with Crippen molar-refractivity contribution in [3.05, 3.63) is 35.9 Å². The maximum absolute atomic E-state index is 12.8. The average molecular weight is 338 g/mol. The number of phenolic OH excluding ortho intramolecular Hbond substituents is 1. The Bertz CT molecular complexity index is 821. The molecule has 1 aliphatic heterocycles. The van der Waals surface area contributed by atoms with Crippen molar-refractivity contribution in [2.24, 2.45) is 34.2 Å². The zero-order valence-corrected chi connectivity index (χ0v) is 13.8. The average Bonchev–Trinajstić information content (AvgIpc) is 3.21. The molecular formula is C19H18N2O4. The summed E-state index contributed by atoms with van der Waals surface area (Å²) in [5.74, 6) is -0.0909. The van der Waals surface area contributed by atoms with E-state index in [1.165, 1.54) is 19.4 Å². The summed E-state index contributed by atoms with van der Waals surface area (Å²) in [5, 5.41) is 14.8. The smallest absolute Gasteiger partial charge is 0.254 e. The molecular weight excluding hydrogens is 320 g/mol. The zero-order valence-electron chi connectivity index (χ0n) is 13.8. The third kappa shape index (κ3) is 1.77. The second-order valence-electron chi connectivity index (χ2n) is 7.39. The van der Waals surface area contributed by atoms with Crippen LogP contribution in [-0.2, 0) is 9.59 Å². The lowest BCUT2D eigenvalue weighted by Crippen LogP contribution is -2.30. The SMILES string of the molecule is COc1cc(C=NN2C(=O)C3C(C2=O)C2C=CC3C23CC3)ccc1O. The Labute approximate surface area is 144 Å². The van der Waals surface area contributed by atoms with E-state index in [2.05, 4.69) is 17.3 Å². The number of ether oxygens (including phenoxy) is 1. The van der Waals surface area contributed by atoms with Crippen molar-refractivity contribution in [2.45, 2.75) is 12.8 Å². The number of nitrogens with zero attached hydrogens (tertiary/aromatic N) is 2. The van der Waals surface area contributed by atoms with Crippen molar-refractivity contribution in [1.82, 2.24) is 5.01 Å². The van der Waals surface area contributed by atoms with Gasteiger partial charge >= 0.3 is 0 Å². The molecule has 2 bridgehead atoms. The van der Waals surface area contributed by atoms with Crippen LogP contribution < -0.4 is 4.74 Å². The van der Waals surface area contributed by atoms with Crippen LogP contribution >= 0.6 is 0 Å². The van der Waals surface area contributed by atoms with Gasteiger partial charge < -0.3 is 9.84 Å². The molecule has 2 amide bonds. The van der Waals surface area contributed by atoms with Crippen LogP contribution in [0.25, 0.3) is 0 Å². The number of amides is 2. The molecule has 0 radical (unpaired) electrons. The minimum atomic E-state index is -0.239. The summed E-state index contributed by atoms with van der Waals surface area (Å²) in [6.07, 6.45) is 7.99.